The summed E-state index contributed by atoms with van der Waals surface area (Å²) in [6, 6.07) is 0. The second-order valence-corrected chi connectivity index (χ2v) is 2.74. The van der Waals surface area contributed by atoms with E-state index in [1.54, 1.807) is 6.92 Å². The maximum absolute atomic E-state index is 11.4. The third-order valence-corrected chi connectivity index (χ3v) is 1.85. The largest absolute Gasteiger partial charge is 0.480 e. The average molecular weight is 198 g/mol. The topological polar surface area (TPSA) is 96.3 Å². The predicted octanol–water partition coefficient (Wildman–Crippen LogP) is -0.178. The Morgan fingerprint density at radius 1 is 1.57 bits per heavy atom. The highest BCUT2D eigenvalue weighted by molar-refractivity contribution is 5.99. The normalized spacial score (nSPS) is 10.1. The lowest BCUT2D eigenvalue weighted by molar-refractivity contribution is 0.286. The van der Waals surface area contributed by atoms with Crippen molar-refractivity contribution >= 4 is 5.71 Å². The van der Waals surface area contributed by atoms with Gasteiger partial charge in [0.05, 0.1) is 5.71 Å². The highest BCUT2D eigenvalue weighted by Crippen LogP contribution is 2.10. The van der Waals surface area contributed by atoms with Crippen LogP contribution in [0.15, 0.2) is 14.0 Å². The van der Waals surface area contributed by atoms with E-state index in [0.29, 0.717) is 4.57 Å². The molecule has 6 nitrogen and oxygen atoms in total. The second kappa shape index (κ2) is 3.49. The standard InChI is InChI=1S/C8H10N2O4/c1-3-4(9)5-6(11)10(2)8(13)14-7(5)12/h9,12H,3H2,1-2H3. The van der Waals surface area contributed by atoms with Gasteiger partial charge in [-0.15, -0.1) is 0 Å². The van der Waals surface area contributed by atoms with Gasteiger partial charge in [0.25, 0.3) is 5.56 Å². The van der Waals surface area contributed by atoms with E-state index in [2.05, 4.69) is 4.42 Å². The molecule has 1 aromatic heterocycles. The maximum Gasteiger partial charge on any atom is 0.424 e. The van der Waals surface area contributed by atoms with Crippen LogP contribution in [0.3, 0.4) is 0 Å². The fraction of sp³-hybridized carbons (Fsp3) is 0.375. The zero-order valence-electron chi connectivity index (χ0n) is 7.83. The molecule has 0 aromatic carbocycles. The summed E-state index contributed by atoms with van der Waals surface area (Å²) in [5.74, 6) is -1.73. The van der Waals surface area contributed by atoms with Gasteiger partial charge in [0.1, 0.15) is 5.56 Å². The minimum absolute atomic E-state index is 0.0631. The molecule has 1 rings (SSSR count). The summed E-state index contributed by atoms with van der Waals surface area (Å²) < 4.78 is 5.07. The van der Waals surface area contributed by atoms with Crippen molar-refractivity contribution in [1.82, 2.24) is 4.57 Å². The van der Waals surface area contributed by atoms with Gasteiger partial charge in [-0.3, -0.25) is 4.79 Å². The van der Waals surface area contributed by atoms with Gasteiger partial charge < -0.3 is 14.9 Å². The quantitative estimate of drug-likeness (QED) is 0.644. The van der Waals surface area contributed by atoms with Crippen molar-refractivity contribution in [3.8, 4) is 5.95 Å². The first-order chi connectivity index (χ1) is 6.49. The third-order valence-electron chi connectivity index (χ3n) is 1.85. The maximum atomic E-state index is 11.4. The zero-order chi connectivity index (χ0) is 10.9. The second-order valence-electron chi connectivity index (χ2n) is 2.74. The third kappa shape index (κ3) is 1.46. The Morgan fingerprint density at radius 3 is 2.64 bits per heavy atom. The minimum atomic E-state index is -0.944. The first-order valence-electron chi connectivity index (χ1n) is 4.00. The molecule has 0 amide bonds. The lowest BCUT2D eigenvalue weighted by Gasteiger charge is -2.02. The molecule has 0 fully saturated rings. The number of nitrogens with zero attached hydrogens (tertiary/aromatic N) is 1. The summed E-state index contributed by atoms with van der Waals surface area (Å²) >= 11 is 0. The molecule has 2 N–H and O–H groups in total. The molecule has 0 aliphatic rings. The van der Waals surface area contributed by atoms with Crippen LogP contribution >= 0.6 is 0 Å². The molecule has 0 atom stereocenters. The monoisotopic (exact) mass is 198 g/mol. The lowest BCUT2D eigenvalue weighted by Crippen LogP contribution is -2.33. The molecular formula is C8H10N2O4. The van der Waals surface area contributed by atoms with Crippen LogP contribution in [0.2, 0.25) is 0 Å². The van der Waals surface area contributed by atoms with E-state index in [4.69, 9.17) is 5.41 Å². The van der Waals surface area contributed by atoms with Crippen LogP contribution in [0.1, 0.15) is 18.9 Å². The van der Waals surface area contributed by atoms with Gasteiger partial charge in [-0.25, -0.2) is 9.36 Å². The Morgan fingerprint density at radius 2 is 2.14 bits per heavy atom. The molecule has 1 aromatic rings. The van der Waals surface area contributed by atoms with E-state index in [0.717, 1.165) is 0 Å². The summed E-state index contributed by atoms with van der Waals surface area (Å²) in [5, 5.41) is 16.6. The van der Waals surface area contributed by atoms with E-state index < -0.39 is 17.3 Å². The molecular weight excluding hydrogens is 188 g/mol. The average Bonchev–Trinajstić information content (AvgIpc) is 2.14. The molecule has 76 valence electrons. The molecule has 0 aliphatic carbocycles. The SMILES string of the molecule is CCC(=N)c1c(O)oc(=O)n(C)c1=O. The molecule has 1 heterocycles. The smallest absolute Gasteiger partial charge is 0.424 e. The van der Waals surface area contributed by atoms with Crippen LogP contribution in [0.25, 0.3) is 0 Å². The fourth-order valence-corrected chi connectivity index (χ4v) is 0.979. The Balaban J connectivity index is 3.61. The number of hydrogen-bond donors (Lipinski definition) is 2. The predicted molar refractivity (Wildman–Crippen MR) is 49.0 cm³/mol. The summed E-state index contributed by atoms with van der Waals surface area (Å²) in [5.41, 5.74) is -1.04. The van der Waals surface area contributed by atoms with E-state index in [1.807, 2.05) is 0 Å². The van der Waals surface area contributed by atoms with E-state index >= 15 is 0 Å². The van der Waals surface area contributed by atoms with E-state index in [1.165, 1.54) is 7.05 Å². The number of aromatic hydroxyl groups is 1. The number of aromatic nitrogens is 1. The van der Waals surface area contributed by atoms with Crippen molar-refractivity contribution in [3.05, 3.63) is 26.5 Å². The number of nitrogens with one attached hydrogen (secondary N) is 1. The Kier molecular flexibility index (Phi) is 2.55. The van der Waals surface area contributed by atoms with Crippen LogP contribution in [0.5, 0.6) is 5.95 Å². The van der Waals surface area contributed by atoms with Crippen LogP contribution < -0.4 is 11.3 Å². The summed E-state index contributed by atoms with van der Waals surface area (Å²) in [6.45, 7) is 1.66. The molecule has 14 heavy (non-hydrogen) atoms. The number of rotatable bonds is 2. The van der Waals surface area contributed by atoms with Crippen LogP contribution in [-0.2, 0) is 7.05 Å². The van der Waals surface area contributed by atoms with E-state index in [9.17, 15) is 14.7 Å². The Hall–Kier alpha value is -1.85. The van der Waals surface area contributed by atoms with Crippen LogP contribution in [0, 0.1) is 5.41 Å². The molecule has 0 saturated heterocycles. The van der Waals surface area contributed by atoms with Crippen molar-refractivity contribution < 1.29 is 9.52 Å². The highest BCUT2D eigenvalue weighted by atomic mass is 16.5. The zero-order valence-corrected chi connectivity index (χ0v) is 7.83. The summed E-state index contributed by atoms with van der Waals surface area (Å²) in [7, 11) is 1.22. The minimum Gasteiger partial charge on any atom is -0.480 e. The fourth-order valence-electron chi connectivity index (χ4n) is 0.979. The Labute approximate surface area is 78.9 Å². The van der Waals surface area contributed by atoms with Gasteiger partial charge in [0.2, 0.25) is 0 Å². The first-order valence-corrected chi connectivity index (χ1v) is 4.00. The lowest BCUT2D eigenvalue weighted by atomic mass is 10.1. The van der Waals surface area contributed by atoms with Crippen LogP contribution in [-0.4, -0.2) is 15.4 Å². The molecule has 0 radical (unpaired) electrons. The molecule has 0 unspecified atom stereocenters. The summed E-state index contributed by atoms with van der Waals surface area (Å²) in [6.07, 6.45) is 0.274. The van der Waals surface area contributed by atoms with Gasteiger partial charge >= 0.3 is 11.7 Å². The van der Waals surface area contributed by atoms with Crippen molar-refractivity contribution in [1.29, 1.82) is 5.41 Å². The molecule has 0 saturated carbocycles. The molecule has 0 bridgehead atoms. The van der Waals surface area contributed by atoms with Gasteiger partial charge in [-0.1, -0.05) is 6.92 Å². The van der Waals surface area contributed by atoms with Gasteiger partial charge in [0, 0.05) is 7.05 Å². The van der Waals surface area contributed by atoms with Crippen molar-refractivity contribution in [2.45, 2.75) is 13.3 Å². The summed E-state index contributed by atoms with van der Waals surface area (Å²) in [4.78, 5) is 22.3. The molecule has 6 heteroatoms. The van der Waals surface area contributed by atoms with Gasteiger partial charge in [0.15, 0.2) is 0 Å². The highest BCUT2D eigenvalue weighted by Gasteiger charge is 2.16. The van der Waals surface area contributed by atoms with E-state index in [-0.39, 0.29) is 17.7 Å². The first kappa shape index (κ1) is 10.2. The van der Waals surface area contributed by atoms with Crippen molar-refractivity contribution in [2.75, 3.05) is 0 Å². The van der Waals surface area contributed by atoms with Crippen molar-refractivity contribution in [2.24, 2.45) is 7.05 Å². The molecule has 0 aliphatic heterocycles. The van der Waals surface area contributed by atoms with Gasteiger partial charge in [-0.2, -0.15) is 0 Å². The van der Waals surface area contributed by atoms with Gasteiger partial charge in [-0.05, 0) is 6.42 Å². The number of hydrogen-bond acceptors (Lipinski definition) is 5. The Bertz CT molecular complexity index is 483. The van der Waals surface area contributed by atoms with Crippen molar-refractivity contribution in [3.63, 3.8) is 0 Å². The molecule has 0 spiro atoms. The van der Waals surface area contributed by atoms with Crippen LogP contribution in [0.4, 0.5) is 0 Å².